The Hall–Kier alpha value is -3.47. The highest BCUT2D eigenvalue weighted by atomic mass is 16.7. The second-order valence-corrected chi connectivity index (χ2v) is 12.9. The molecule has 0 radical (unpaired) electrons. The Morgan fingerprint density at radius 2 is 1.33 bits per heavy atom. The van der Waals surface area contributed by atoms with Crippen molar-refractivity contribution in [1.82, 2.24) is 0 Å². The number of ether oxygens (including phenoxy) is 7. The summed E-state index contributed by atoms with van der Waals surface area (Å²) >= 11 is 0. The van der Waals surface area contributed by atoms with Gasteiger partial charge in [-0.25, -0.2) is 0 Å². The van der Waals surface area contributed by atoms with Gasteiger partial charge < -0.3 is 83.5 Å². The molecule has 0 bridgehead atoms. The van der Waals surface area contributed by atoms with Crippen LogP contribution >= 0.6 is 0 Å². The quantitative estimate of drug-likeness (QED) is 0.115. The van der Waals surface area contributed by atoms with Crippen molar-refractivity contribution >= 4 is 11.0 Å². The predicted octanol–water partition coefficient (Wildman–Crippen LogP) is -1.94. The van der Waals surface area contributed by atoms with Crippen LogP contribution in [0, 0.1) is 0 Å². The van der Waals surface area contributed by atoms with Gasteiger partial charge in [-0.3, -0.25) is 4.79 Å². The minimum absolute atomic E-state index is 0.0447. The lowest BCUT2D eigenvalue weighted by atomic mass is 9.97. The van der Waals surface area contributed by atoms with Crippen LogP contribution in [0.3, 0.4) is 0 Å². The first-order chi connectivity index (χ1) is 24.7. The maximum atomic E-state index is 13.1. The van der Waals surface area contributed by atoms with E-state index in [1.165, 1.54) is 33.1 Å². The van der Waals surface area contributed by atoms with Gasteiger partial charge >= 0.3 is 0 Å². The lowest BCUT2D eigenvalue weighted by molar-refractivity contribution is -0.357. The molecule has 2 aromatic carbocycles. The summed E-state index contributed by atoms with van der Waals surface area (Å²) in [6, 6.07) is 11.0. The van der Waals surface area contributed by atoms with Crippen LogP contribution in [0.5, 0.6) is 17.2 Å². The molecule has 3 saturated heterocycles. The number of aliphatic hydroxyl groups is 8. The summed E-state index contributed by atoms with van der Waals surface area (Å²) in [5.41, 5.74) is -0.437. The zero-order valence-corrected chi connectivity index (χ0v) is 28.1. The van der Waals surface area contributed by atoms with Crippen LogP contribution in [0.1, 0.15) is 13.8 Å². The van der Waals surface area contributed by atoms with Gasteiger partial charge in [-0.1, -0.05) is 30.3 Å². The minimum atomic E-state index is -1.82. The highest BCUT2D eigenvalue weighted by molar-refractivity contribution is 5.88. The summed E-state index contributed by atoms with van der Waals surface area (Å²) in [6.45, 7) is 2.36. The van der Waals surface area contributed by atoms with E-state index in [9.17, 15) is 50.8 Å². The average molecular weight is 739 g/mol. The Morgan fingerprint density at radius 1 is 0.692 bits per heavy atom. The second-order valence-electron chi connectivity index (χ2n) is 12.9. The van der Waals surface area contributed by atoms with Crippen molar-refractivity contribution in [3.05, 3.63) is 52.7 Å². The van der Waals surface area contributed by atoms with Crippen molar-refractivity contribution in [2.45, 2.75) is 106 Å². The molecule has 15 unspecified atom stereocenters. The van der Waals surface area contributed by atoms with Crippen molar-refractivity contribution in [3.8, 4) is 28.6 Å². The fourth-order valence-corrected chi connectivity index (χ4v) is 6.36. The molecule has 6 rings (SSSR count). The van der Waals surface area contributed by atoms with E-state index in [4.69, 9.17) is 37.6 Å². The molecular weight excluding hydrogens is 696 g/mol. The Balaban J connectivity index is 1.15. The molecule has 1 aromatic heterocycles. The first kappa shape index (κ1) is 38.3. The van der Waals surface area contributed by atoms with E-state index in [-0.39, 0.29) is 28.2 Å². The Labute approximate surface area is 295 Å². The molecule has 0 aliphatic carbocycles. The third-order valence-corrected chi connectivity index (χ3v) is 9.41. The monoisotopic (exact) mass is 738 g/mol. The minimum Gasteiger partial charge on any atom is -0.502 e. The highest BCUT2D eigenvalue weighted by Crippen LogP contribution is 2.40. The zero-order valence-electron chi connectivity index (χ0n) is 28.1. The van der Waals surface area contributed by atoms with Crippen LogP contribution in [0.25, 0.3) is 22.3 Å². The zero-order chi connectivity index (χ0) is 37.6. The number of methoxy groups -OCH3 is 1. The summed E-state index contributed by atoms with van der Waals surface area (Å²) in [5, 5.41) is 94.8. The molecular formula is C34H42O18. The van der Waals surface area contributed by atoms with Crippen molar-refractivity contribution in [2.24, 2.45) is 0 Å². The topological polar surface area (TPSA) is 277 Å². The third kappa shape index (κ3) is 7.10. The predicted molar refractivity (Wildman–Crippen MR) is 173 cm³/mol. The number of hydrogen-bond donors (Lipinski definition) is 9. The normalized spacial score (nSPS) is 38.2. The Morgan fingerprint density at radius 3 is 2.02 bits per heavy atom. The van der Waals surface area contributed by atoms with Crippen molar-refractivity contribution in [3.63, 3.8) is 0 Å². The number of rotatable bonds is 9. The lowest BCUT2D eigenvalue weighted by Crippen LogP contribution is -2.63. The third-order valence-electron chi connectivity index (χ3n) is 9.41. The number of aliphatic hydroxyl groups excluding tert-OH is 8. The number of aromatic hydroxyl groups is 1. The second kappa shape index (κ2) is 15.5. The molecule has 18 nitrogen and oxygen atoms in total. The first-order valence-corrected chi connectivity index (χ1v) is 16.5. The molecule has 0 saturated carbocycles. The summed E-state index contributed by atoms with van der Waals surface area (Å²) in [7, 11) is 1.27. The van der Waals surface area contributed by atoms with Crippen molar-refractivity contribution < 1.29 is 83.5 Å². The highest BCUT2D eigenvalue weighted by Gasteiger charge is 2.50. The Kier molecular flexibility index (Phi) is 11.4. The molecule has 286 valence electrons. The van der Waals surface area contributed by atoms with Gasteiger partial charge in [0.25, 0.3) is 0 Å². The molecule has 52 heavy (non-hydrogen) atoms. The lowest BCUT2D eigenvalue weighted by Gasteiger charge is -2.46. The van der Waals surface area contributed by atoms with Crippen LogP contribution in [-0.2, 0) is 23.7 Å². The SMILES string of the molecule is COc1c(OC2OC(COC3OC(C)C(OC4OC(C)C(O)C(O)C4O)C(O)C3O)C(O)C(O)C2O)ccc2c(=O)c(O)c(-c3ccccc3)oc12. The molecule has 18 heteroatoms. The maximum absolute atomic E-state index is 13.1. The molecule has 3 fully saturated rings. The summed E-state index contributed by atoms with van der Waals surface area (Å²) in [5.74, 6) is -0.964. The van der Waals surface area contributed by atoms with Gasteiger partial charge in [-0.2, -0.15) is 0 Å². The smallest absolute Gasteiger partial charge is 0.235 e. The van der Waals surface area contributed by atoms with E-state index in [0.29, 0.717) is 5.56 Å². The molecule has 3 aliphatic rings. The van der Waals surface area contributed by atoms with Crippen LogP contribution < -0.4 is 14.9 Å². The molecule has 0 amide bonds. The molecule has 4 heterocycles. The molecule has 0 spiro atoms. The first-order valence-electron chi connectivity index (χ1n) is 16.5. The largest absolute Gasteiger partial charge is 0.502 e. The van der Waals surface area contributed by atoms with Gasteiger partial charge in [0.1, 0.15) is 61.0 Å². The van der Waals surface area contributed by atoms with Gasteiger partial charge in [0.2, 0.25) is 23.2 Å². The molecule has 3 aromatic rings. The van der Waals surface area contributed by atoms with Crippen LogP contribution in [0.2, 0.25) is 0 Å². The van der Waals surface area contributed by atoms with Gasteiger partial charge in [0.05, 0.1) is 31.3 Å². The standard InChI is InChI=1S/C34H42O18/c1-12-18(35)21(38)25(42)33(47-12)52-28-13(2)48-32(27(44)24(28)41)46-11-17-20(37)22(39)26(43)34(50-17)49-16-10-9-15-19(36)23(40)29(14-7-5-4-6-8-14)51-30(15)31(16)45-3/h4-10,12-13,17-18,20-22,24-28,32-35,37-44H,11H2,1-3H3. The number of hydrogen-bond acceptors (Lipinski definition) is 18. The maximum Gasteiger partial charge on any atom is 0.235 e. The fourth-order valence-electron chi connectivity index (χ4n) is 6.36. The number of fused-ring (bicyclic) bond motifs is 1. The van der Waals surface area contributed by atoms with Crippen molar-refractivity contribution in [1.29, 1.82) is 0 Å². The van der Waals surface area contributed by atoms with E-state index >= 15 is 0 Å². The number of benzene rings is 2. The van der Waals surface area contributed by atoms with Gasteiger partial charge in [-0.15, -0.1) is 0 Å². The van der Waals surface area contributed by atoms with E-state index in [1.54, 1.807) is 30.3 Å². The van der Waals surface area contributed by atoms with Crippen LogP contribution in [0.4, 0.5) is 0 Å². The summed E-state index contributed by atoms with van der Waals surface area (Å²) < 4.78 is 45.5. The summed E-state index contributed by atoms with van der Waals surface area (Å²) in [6.07, 6.45) is -22.7. The van der Waals surface area contributed by atoms with Crippen LogP contribution in [-0.4, -0.2) is 152 Å². The van der Waals surface area contributed by atoms with Gasteiger partial charge in [0.15, 0.2) is 29.7 Å². The molecule has 3 aliphatic heterocycles. The van der Waals surface area contributed by atoms with E-state index in [0.717, 1.165) is 0 Å². The summed E-state index contributed by atoms with van der Waals surface area (Å²) in [4.78, 5) is 13.1. The van der Waals surface area contributed by atoms with Crippen molar-refractivity contribution in [2.75, 3.05) is 13.7 Å². The Bertz CT molecular complexity index is 1740. The fraction of sp³-hybridized carbons (Fsp3) is 0.559. The van der Waals surface area contributed by atoms with E-state index in [2.05, 4.69) is 0 Å². The van der Waals surface area contributed by atoms with Crippen LogP contribution in [0.15, 0.2) is 51.7 Å². The molecule has 9 N–H and O–H groups in total. The average Bonchev–Trinajstić information content (AvgIpc) is 3.14. The van der Waals surface area contributed by atoms with Gasteiger partial charge in [-0.05, 0) is 26.0 Å². The van der Waals surface area contributed by atoms with E-state index in [1.807, 2.05) is 0 Å². The van der Waals surface area contributed by atoms with Gasteiger partial charge in [0, 0.05) is 5.56 Å². The van der Waals surface area contributed by atoms with E-state index < -0.39 is 110 Å². The molecule has 15 atom stereocenters.